The summed E-state index contributed by atoms with van der Waals surface area (Å²) in [4.78, 5) is 22.6. The van der Waals surface area contributed by atoms with Crippen LogP contribution in [0.25, 0.3) is 0 Å². The standard InChI is InChI=1S/C16H18F3NO3/c1-2-3-7-14(21)20-13(10-15(22)23)9-11-5-4-6-12(8-11)16(17,18)19/h2,4-6,8,13H,1,3,7,9-10H2,(H,20,21)(H,22,23)/t13-/m1/s1. The fourth-order valence-electron chi connectivity index (χ4n) is 2.08. The Hall–Kier alpha value is -2.31. The van der Waals surface area contributed by atoms with Gasteiger partial charge in [-0.15, -0.1) is 6.58 Å². The predicted molar refractivity (Wildman–Crippen MR) is 78.8 cm³/mol. The Kier molecular flexibility index (Phi) is 6.81. The van der Waals surface area contributed by atoms with Crippen molar-refractivity contribution >= 4 is 11.9 Å². The van der Waals surface area contributed by atoms with Crippen molar-refractivity contribution in [3.63, 3.8) is 0 Å². The number of benzene rings is 1. The van der Waals surface area contributed by atoms with E-state index in [-0.39, 0.29) is 25.2 Å². The summed E-state index contributed by atoms with van der Waals surface area (Å²) in [6, 6.07) is 3.87. The van der Waals surface area contributed by atoms with E-state index in [1.807, 2.05) is 0 Å². The summed E-state index contributed by atoms with van der Waals surface area (Å²) in [5.41, 5.74) is -0.489. The quantitative estimate of drug-likeness (QED) is 0.720. The maximum absolute atomic E-state index is 12.7. The number of carboxylic acids is 1. The maximum Gasteiger partial charge on any atom is 0.416 e. The van der Waals surface area contributed by atoms with Gasteiger partial charge in [-0.1, -0.05) is 24.3 Å². The molecule has 7 heteroatoms. The number of carbonyl (C=O) groups is 2. The van der Waals surface area contributed by atoms with E-state index in [0.29, 0.717) is 12.0 Å². The molecule has 0 spiro atoms. The van der Waals surface area contributed by atoms with Gasteiger partial charge in [0.15, 0.2) is 0 Å². The van der Waals surface area contributed by atoms with Crippen LogP contribution in [0, 0.1) is 0 Å². The first-order chi connectivity index (χ1) is 10.7. The van der Waals surface area contributed by atoms with E-state index in [1.54, 1.807) is 6.08 Å². The number of allylic oxidation sites excluding steroid dienone is 1. The second-order valence-electron chi connectivity index (χ2n) is 5.09. The highest BCUT2D eigenvalue weighted by Crippen LogP contribution is 2.29. The van der Waals surface area contributed by atoms with Crippen LogP contribution in [0.1, 0.15) is 30.4 Å². The number of carbonyl (C=O) groups excluding carboxylic acids is 1. The number of hydrogen-bond donors (Lipinski definition) is 2. The van der Waals surface area contributed by atoms with E-state index < -0.39 is 23.8 Å². The van der Waals surface area contributed by atoms with Crippen molar-refractivity contribution in [3.05, 3.63) is 48.0 Å². The highest BCUT2D eigenvalue weighted by Gasteiger charge is 2.30. The van der Waals surface area contributed by atoms with Gasteiger partial charge in [0.1, 0.15) is 0 Å². The lowest BCUT2D eigenvalue weighted by molar-refractivity contribution is -0.139. The third-order valence-corrected chi connectivity index (χ3v) is 3.10. The Bertz CT molecular complexity index is 570. The highest BCUT2D eigenvalue weighted by molar-refractivity contribution is 5.77. The summed E-state index contributed by atoms with van der Waals surface area (Å²) >= 11 is 0. The molecular weight excluding hydrogens is 311 g/mol. The molecule has 1 aromatic rings. The van der Waals surface area contributed by atoms with Crippen LogP contribution >= 0.6 is 0 Å². The summed E-state index contributed by atoms with van der Waals surface area (Å²) in [7, 11) is 0. The van der Waals surface area contributed by atoms with Crippen molar-refractivity contribution in [2.45, 2.75) is 37.9 Å². The first kappa shape index (κ1) is 18.7. The van der Waals surface area contributed by atoms with Gasteiger partial charge >= 0.3 is 12.1 Å². The molecule has 1 rings (SSSR count). The summed E-state index contributed by atoms with van der Waals surface area (Å²) in [6.45, 7) is 3.48. The Morgan fingerprint density at radius 1 is 1.35 bits per heavy atom. The van der Waals surface area contributed by atoms with Crippen molar-refractivity contribution < 1.29 is 27.9 Å². The van der Waals surface area contributed by atoms with Crippen LogP contribution < -0.4 is 5.32 Å². The molecule has 0 radical (unpaired) electrons. The number of carboxylic acid groups (broad SMARTS) is 1. The number of hydrogen-bond acceptors (Lipinski definition) is 2. The van der Waals surface area contributed by atoms with Crippen LogP contribution in [0.3, 0.4) is 0 Å². The molecule has 0 aliphatic rings. The van der Waals surface area contributed by atoms with Crippen molar-refractivity contribution in [1.82, 2.24) is 5.32 Å². The fourth-order valence-corrected chi connectivity index (χ4v) is 2.08. The molecular formula is C16H18F3NO3. The van der Waals surface area contributed by atoms with Crippen molar-refractivity contribution in [2.75, 3.05) is 0 Å². The van der Waals surface area contributed by atoms with E-state index in [0.717, 1.165) is 12.1 Å². The zero-order chi connectivity index (χ0) is 17.5. The Morgan fingerprint density at radius 2 is 2.04 bits per heavy atom. The van der Waals surface area contributed by atoms with E-state index in [4.69, 9.17) is 5.11 Å². The molecule has 0 aliphatic heterocycles. The summed E-state index contributed by atoms with van der Waals surface area (Å²) in [6.07, 6.45) is -2.67. The fraction of sp³-hybridized carbons (Fsp3) is 0.375. The molecule has 126 valence electrons. The molecule has 0 saturated carbocycles. The zero-order valence-corrected chi connectivity index (χ0v) is 12.4. The number of amides is 1. The van der Waals surface area contributed by atoms with Crippen LogP contribution in [0.2, 0.25) is 0 Å². The van der Waals surface area contributed by atoms with Gasteiger partial charge in [-0.25, -0.2) is 0 Å². The normalized spacial score (nSPS) is 12.5. The first-order valence-corrected chi connectivity index (χ1v) is 7.00. The summed E-state index contributed by atoms with van der Waals surface area (Å²) < 4.78 is 38.1. The number of rotatable bonds is 8. The second kappa shape index (κ2) is 8.36. The van der Waals surface area contributed by atoms with E-state index in [1.165, 1.54) is 12.1 Å². The monoisotopic (exact) mass is 329 g/mol. The molecule has 0 aromatic heterocycles. The molecule has 0 heterocycles. The van der Waals surface area contributed by atoms with Crippen molar-refractivity contribution in [3.8, 4) is 0 Å². The largest absolute Gasteiger partial charge is 0.481 e. The van der Waals surface area contributed by atoms with E-state index in [9.17, 15) is 22.8 Å². The molecule has 23 heavy (non-hydrogen) atoms. The Morgan fingerprint density at radius 3 is 2.61 bits per heavy atom. The molecule has 0 saturated heterocycles. The molecule has 0 aliphatic carbocycles. The lowest BCUT2D eigenvalue weighted by Gasteiger charge is -2.18. The number of halogens is 3. The van der Waals surface area contributed by atoms with Crippen LogP contribution in [-0.4, -0.2) is 23.0 Å². The number of aliphatic carboxylic acids is 1. The molecule has 0 fully saturated rings. The number of nitrogens with one attached hydrogen (secondary N) is 1. The zero-order valence-electron chi connectivity index (χ0n) is 12.4. The van der Waals surface area contributed by atoms with Crippen LogP contribution in [0.15, 0.2) is 36.9 Å². The summed E-state index contributed by atoms with van der Waals surface area (Å²) in [5.74, 6) is -1.49. The molecule has 2 N–H and O–H groups in total. The third kappa shape index (κ3) is 6.99. The molecule has 4 nitrogen and oxygen atoms in total. The van der Waals surface area contributed by atoms with Crippen LogP contribution in [0.4, 0.5) is 13.2 Å². The first-order valence-electron chi connectivity index (χ1n) is 7.00. The van der Waals surface area contributed by atoms with Gasteiger partial charge in [-0.3, -0.25) is 9.59 Å². The van der Waals surface area contributed by atoms with E-state index in [2.05, 4.69) is 11.9 Å². The van der Waals surface area contributed by atoms with Crippen molar-refractivity contribution in [2.24, 2.45) is 0 Å². The van der Waals surface area contributed by atoms with Gasteiger partial charge in [-0.05, 0) is 24.5 Å². The lowest BCUT2D eigenvalue weighted by Crippen LogP contribution is -2.38. The van der Waals surface area contributed by atoms with Gasteiger partial charge in [-0.2, -0.15) is 13.2 Å². The average molecular weight is 329 g/mol. The minimum atomic E-state index is -4.47. The number of alkyl halides is 3. The Balaban J connectivity index is 2.82. The molecule has 0 unspecified atom stereocenters. The van der Waals surface area contributed by atoms with Gasteiger partial charge in [0.25, 0.3) is 0 Å². The third-order valence-electron chi connectivity index (χ3n) is 3.10. The SMILES string of the molecule is C=CCCC(=O)N[C@@H](CC(=O)O)Cc1cccc(C(F)(F)F)c1. The maximum atomic E-state index is 12.7. The summed E-state index contributed by atoms with van der Waals surface area (Å²) in [5, 5.41) is 11.4. The van der Waals surface area contributed by atoms with Gasteiger partial charge in [0.05, 0.1) is 12.0 Å². The van der Waals surface area contributed by atoms with Crippen LogP contribution in [-0.2, 0) is 22.2 Å². The minimum absolute atomic E-state index is 0.00997. The lowest BCUT2D eigenvalue weighted by atomic mass is 10.0. The predicted octanol–water partition coefficient (Wildman–Crippen LogP) is 3.17. The minimum Gasteiger partial charge on any atom is -0.481 e. The molecule has 1 atom stereocenters. The van der Waals surface area contributed by atoms with Gasteiger partial charge < -0.3 is 10.4 Å². The van der Waals surface area contributed by atoms with E-state index >= 15 is 0 Å². The molecule has 1 amide bonds. The smallest absolute Gasteiger partial charge is 0.416 e. The average Bonchev–Trinajstić information content (AvgIpc) is 2.43. The second-order valence-corrected chi connectivity index (χ2v) is 5.09. The Labute approximate surface area is 132 Å². The topological polar surface area (TPSA) is 66.4 Å². The van der Waals surface area contributed by atoms with Crippen molar-refractivity contribution in [1.29, 1.82) is 0 Å². The van der Waals surface area contributed by atoms with Gasteiger partial charge in [0, 0.05) is 12.5 Å². The molecule has 0 bridgehead atoms. The molecule has 1 aromatic carbocycles. The van der Waals surface area contributed by atoms with Gasteiger partial charge in [0.2, 0.25) is 5.91 Å². The highest BCUT2D eigenvalue weighted by atomic mass is 19.4. The van der Waals surface area contributed by atoms with Crippen LogP contribution in [0.5, 0.6) is 0 Å².